The van der Waals surface area contributed by atoms with Crippen LogP contribution in [0.4, 0.5) is 13.6 Å². The maximum atomic E-state index is 13.3. The van der Waals surface area contributed by atoms with Gasteiger partial charge >= 0.3 is 6.03 Å². The Kier molecular flexibility index (Phi) is 3.84. The maximum absolute atomic E-state index is 13.3. The van der Waals surface area contributed by atoms with Crippen molar-refractivity contribution in [2.45, 2.75) is 64.2 Å². The van der Waals surface area contributed by atoms with E-state index in [1.807, 2.05) is 20.8 Å². The molecule has 4 nitrogen and oxygen atoms in total. The van der Waals surface area contributed by atoms with Gasteiger partial charge in [-0.05, 0) is 31.2 Å². The average Bonchev–Trinajstić information content (AvgIpc) is 2.67. The first kappa shape index (κ1) is 14.9. The number of aromatic nitrogens is 2. The number of carbonyl (C=O) groups is 1. The zero-order valence-corrected chi connectivity index (χ0v) is 12.1. The van der Waals surface area contributed by atoms with Crippen molar-refractivity contribution < 1.29 is 13.6 Å². The predicted molar refractivity (Wildman–Crippen MR) is 72.2 cm³/mol. The quantitative estimate of drug-likeness (QED) is 0.903. The van der Waals surface area contributed by atoms with Crippen LogP contribution in [-0.2, 0) is 0 Å². The molecule has 0 radical (unpaired) electrons. The predicted octanol–water partition coefficient (Wildman–Crippen LogP) is 3.53. The summed E-state index contributed by atoms with van der Waals surface area (Å²) in [7, 11) is 0. The van der Waals surface area contributed by atoms with Crippen LogP contribution in [0.15, 0.2) is 0 Å². The van der Waals surface area contributed by atoms with Crippen LogP contribution in [0.2, 0.25) is 0 Å². The van der Waals surface area contributed by atoms with Crippen molar-refractivity contribution in [1.82, 2.24) is 9.78 Å². The third-order valence-corrected chi connectivity index (χ3v) is 4.03. The van der Waals surface area contributed by atoms with Gasteiger partial charge in [-0.1, -0.05) is 13.8 Å². The molecule has 1 aromatic heterocycles. The molecule has 0 bridgehead atoms. The summed E-state index contributed by atoms with van der Waals surface area (Å²) in [5, 5.41) is 4.20. The van der Waals surface area contributed by atoms with Gasteiger partial charge in [-0.15, -0.1) is 0 Å². The first-order valence-electron chi connectivity index (χ1n) is 7.00. The number of primary amides is 1. The fourth-order valence-electron chi connectivity index (χ4n) is 3.15. The molecule has 6 heteroatoms. The van der Waals surface area contributed by atoms with Crippen LogP contribution in [0.1, 0.15) is 68.3 Å². The number of alkyl halides is 2. The van der Waals surface area contributed by atoms with Gasteiger partial charge in [0.1, 0.15) is 0 Å². The van der Waals surface area contributed by atoms with Gasteiger partial charge in [-0.25, -0.2) is 13.6 Å². The Hall–Kier alpha value is -1.46. The van der Waals surface area contributed by atoms with Crippen LogP contribution in [0.5, 0.6) is 0 Å². The molecule has 0 aliphatic heterocycles. The van der Waals surface area contributed by atoms with E-state index in [1.54, 1.807) is 0 Å². The van der Waals surface area contributed by atoms with Crippen LogP contribution >= 0.6 is 0 Å². The minimum Gasteiger partial charge on any atom is -0.350 e. The molecule has 1 heterocycles. The Bertz CT molecular complexity index is 513. The molecule has 20 heavy (non-hydrogen) atoms. The molecule has 1 aliphatic rings. The topological polar surface area (TPSA) is 60.9 Å². The Morgan fingerprint density at radius 1 is 1.40 bits per heavy atom. The summed E-state index contributed by atoms with van der Waals surface area (Å²) in [5.74, 6) is -2.47. The number of halogens is 2. The summed E-state index contributed by atoms with van der Waals surface area (Å²) in [6.45, 7) is 5.85. The van der Waals surface area contributed by atoms with Crippen LogP contribution in [-0.4, -0.2) is 21.7 Å². The Morgan fingerprint density at radius 3 is 2.40 bits per heavy atom. The van der Waals surface area contributed by atoms with E-state index >= 15 is 0 Å². The smallest absolute Gasteiger partial charge is 0.339 e. The van der Waals surface area contributed by atoms with Crippen molar-refractivity contribution in [2.24, 2.45) is 5.73 Å². The summed E-state index contributed by atoms with van der Waals surface area (Å²) >= 11 is 0. The van der Waals surface area contributed by atoms with Gasteiger partial charge in [0.05, 0.1) is 11.4 Å². The lowest BCUT2D eigenvalue weighted by Gasteiger charge is -2.29. The number of amides is 1. The van der Waals surface area contributed by atoms with Gasteiger partial charge in [0.2, 0.25) is 5.92 Å². The number of carbonyl (C=O) groups excluding carboxylic acids is 1. The van der Waals surface area contributed by atoms with Gasteiger partial charge in [0, 0.05) is 18.8 Å². The third kappa shape index (κ3) is 2.69. The molecule has 0 saturated heterocycles. The Labute approximate surface area is 117 Å². The summed E-state index contributed by atoms with van der Waals surface area (Å²) in [6, 6.07) is -0.646. The fraction of sp³-hybridized carbons (Fsp3) is 0.714. The van der Waals surface area contributed by atoms with E-state index < -0.39 is 12.0 Å². The number of nitrogens with zero attached hydrogens (tertiary/aromatic N) is 2. The van der Waals surface area contributed by atoms with Crippen molar-refractivity contribution >= 4 is 6.03 Å². The van der Waals surface area contributed by atoms with Crippen LogP contribution in [0.3, 0.4) is 0 Å². The number of rotatable bonds is 2. The van der Waals surface area contributed by atoms with E-state index in [-0.39, 0.29) is 24.7 Å². The highest BCUT2D eigenvalue weighted by Gasteiger charge is 2.38. The third-order valence-electron chi connectivity index (χ3n) is 4.03. The highest BCUT2D eigenvalue weighted by atomic mass is 19.3. The number of hydrogen-bond acceptors (Lipinski definition) is 2. The molecule has 0 unspecified atom stereocenters. The average molecular weight is 285 g/mol. The summed E-state index contributed by atoms with van der Waals surface area (Å²) < 4.78 is 27.8. The van der Waals surface area contributed by atoms with Crippen molar-refractivity contribution in [3.8, 4) is 0 Å². The Balaban J connectivity index is 2.41. The zero-order valence-electron chi connectivity index (χ0n) is 12.1. The van der Waals surface area contributed by atoms with E-state index in [2.05, 4.69) is 5.10 Å². The maximum Gasteiger partial charge on any atom is 0.339 e. The lowest BCUT2D eigenvalue weighted by Crippen LogP contribution is -2.29. The highest BCUT2D eigenvalue weighted by molar-refractivity contribution is 5.75. The summed E-state index contributed by atoms with van der Waals surface area (Å²) in [6.07, 6.45) is 0.451. The lowest BCUT2D eigenvalue weighted by molar-refractivity contribution is -0.0386. The van der Waals surface area contributed by atoms with Crippen LogP contribution in [0.25, 0.3) is 0 Å². The lowest BCUT2D eigenvalue weighted by atomic mass is 9.81. The normalized spacial score (nSPS) is 19.5. The molecule has 1 aliphatic carbocycles. The molecular formula is C14H21F2N3O. The first-order valence-corrected chi connectivity index (χ1v) is 7.00. The van der Waals surface area contributed by atoms with Crippen molar-refractivity contribution in [3.63, 3.8) is 0 Å². The fourth-order valence-corrected chi connectivity index (χ4v) is 3.15. The van der Waals surface area contributed by atoms with E-state index in [1.165, 1.54) is 4.68 Å². The van der Waals surface area contributed by atoms with E-state index in [4.69, 9.17) is 5.73 Å². The van der Waals surface area contributed by atoms with Crippen LogP contribution in [0, 0.1) is 6.92 Å². The molecule has 1 aromatic rings. The van der Waals surface area contributed by atoms with Crippen molar-refractivity contribution in [3.05, 3.63) is 17.0 Å². The molecule has 1 saturated carbocycles. The van der Waals surface area contributed by atoms with E-state index in [0.29, 0.717) is 12.8 Å². The number of hydrogen-bond donors (Lipinski definition) is 1. The molecule has 2 N–H and O–H groups in total. The molecule has 112 valence electrons. The van der Waals surface area contributed by atoms with Gasteiger partial charge < -0.3 is 5.73 Å². The zero-order chi connectivity index (χ0) is 15.1. The second-order valence-electron chi connectivity index (χ2n) is 5.92. The largest absolute Gasteiger partial charge is 0.350 e. The first-order chi connectivity index (χ1) is 9.23. The standard InChI is InChI=1S/C14H21F2N3O/c1-8(2)11-9(3)18-19(13(17)20)12(11)10-4-6-14(15,16)7-5-10/h8,10H,4-7H2,1-3H3,(H2,17,20). The van der Waals surface area contributed by atoms with E-state index in [0.717, 1.165) is 17.0 Å². The van der Waals surface area contributed by atoms with Crippen molar-refractivity contribution in [1.29, 1.82) is 0 Å². The van der Waals surface area contributed by atoms with Gasteiger partial charge in [0.25, 0.3) is 0 Å². The molecule has 1 fully saturated rings. The molecule has 2 rings (SSSR count). The minimum atomic E-state index is -2.58. The monoisotopic (exact) mass is 285 g/mol. The van der Waals surface area contributed by atoms with Crippen molar-refractivity contribution in [2.75, 3.05) is 0 Å². The molecule has 0 spiro atoms. The van der Waals surface area contributed by atoms with Crippen LogP contribution < -0.4 is 5.73 Å². The number of aryl methyl sites for hydroxylation is 1. The van der Waals surface area contributed by atoms with Gasteiger partial charge in [-0.3, -0.25) is 0 Å². The van der Waals surface area contributed by atoms with E-state index in [9.17, 15) is 13.6 Å². The molecule has 1 amide bonds. The molecule has 0 atom stereocenters. The van der Waals surface area contributed by atoms with Gasteiger partial charge in [0.15, 0.2) is 0 Å². The summed E-state index contributed by atoms with van der Waals surface area (Å²) in [4.78, 5) is 11.6. The van der Waals surface area contributed by atoms with Gasteiger partial charge in [-0.2, -0.15) is 9.78 Å². The molecule has 0 aromatic carbocycles. The second-order valence-corrected chi connectivity index (χ2v) is 5.92. The molecular weight excluding hydrogens is 264 g/mol. The number of nitrogens with two attached hydrogens (primary N) is 1. The highest BCUT2D eigenvalue weighted by Crippen LogP contribution is 2.43. The minimum absolute atomic E-state index is 0.0688. The SMILES string of the molecule is Cc1nn(C(N)=O)c(C2CCC(F)(F)CC2)c1C(C)C. The second kappa shape index (κ2) is 5.14. The summed E-state index contributed by atoms with van der Waals surface area (Å²) in [5.41, 5.74) is 7.83. The Morgan fingerprint density at radius 2 is 1.95 bits per heavy atom.